The molecular formula is C23H28N4O3S. The van der Waals surface area contributed by atoms with Crippen LogP contribution in [-0.2, 0) is 16.0 Å². The fourth-order valence-corrected chi connectivity index (χ4v) is 5.51. The van der Waals surface area contributed by atoms with Gasteiger partial charge in [-0.2, -0.15) is 5.10 Å². The SMILES string of the molecule is COCCNC(=O)c1sc2ccccc2c1[C@@H]1CCN(C(=O)Cc2c(C)n[nH]c2C)C1. The number of hydrogen-bond donors (Lipinski definition) is 2. The summed E-state index contributed by atoms with van der Waals surface area (Å²) in [6.07, 6.45) is 1.21. The lowest BCUT2D eigenvalue weighted by Crippen LogP contribution is -2.30. The number of aromatic nitrogens is 2. The Hall–Kier alpha value is -2.71. The van der Waals surface area contributed by atoms with Gasteiger partial charge in [0.15, 0.2) is 0 Å². The number of fused-ring (bicyclic) bond motifs is 1. The number of aromatic amines is 1. The van der Waals surface area contributed by atoms with Gasteiger partial charge in [0.2, 0.25) is 5.91 Å². The number of benzene rings is 1. The van der Waals surface area contributed by atoms with Gasteiger partial charge in [0, 0.05) is 48.6 Å². The maximum atomic E-state index is 13.0. The van der Waals surface area contributed by atoms with Crippen LogP contribution in [0.1, 0.15) is 44.5 Å². The lowest BCUT2D eigenvalue weighted by molar-refractivity contribution is -0.129. The molecule has 31 heavy (non-hydrogen) atoms. The van der Waals surface area contributed by atoms with Crippen molar-refractivity contribution in [1.82, 2.24) is 20.4 Å². The number of ether oxygens (including phenoxy) is 1. The zero-order valence-electron chi connectivity index (χ0n) is 18.2. The number of carbonyl (C=O) groups excluding carboxylic acids is 2. The van der Waals surface area contributed by atoms with E-state index in [2.05, 4.69) is 27.6 Å². The highest BCUT2D eigenvalue weighted by Crippen LogP contribution is 2.40. The number of rotatable bonds is 7. The molecule has 0 unspecified atom stereocenters. The lowest BCUT2D eigenvalue weighted by atomic mass is 9.95. The third-order valence-electron chi connectivity index (χ3n) is 5.99. The number of methoxy groups -OCH3 is 1. The molecule has 1 atom stereocenters. The van der Waals surface area contributed by atoms with E-state index in [1.165, 1.54) is 11.3 Å². The van der Waals surface area contributed by atoms with E-state index < -0.39 is 0 Å². The van der Waals surface area contributed by atoms with Gasteiger partial charge >= 0.3 is 0 Å². The predicted molar refractivity (Wildman–Crippen MR) is 122 cm³/mol. The Morgan fingerprint density at radius 2 is 2.13 bits per heavy atom. The molecule has 3 aromatic rings. The number of carbonyl (C=O) groups is 2. The molecule has 1 fully saturated rings. The van der Waals surface area contributed by atoms with E-state index in [-0.39, 0.29) is 17.7 Å². The lowest BCUT2D eigenvalue weighted by Gasteiger charge is -2.17. The Morgan fingerprint density at radius 1 is 1.32 bits per heavy atom. The summed E-state index contributed by atoms with van der Waals surface area (Å²) >= 11 is 1.53. The van der Waals surface area contributed by atoms with Crippen LogP contribution in [0.25, 0.3) is 10.1 Å². The third-order valence-corrected chi connectivity index (χ3v) is 7.18. The number of nitrogens with one attached hydrogen (secondary N) is 2. The number of nitrogens with zero attached hydrogens (tertiary/aromatic N) is 2. The highest BCUT2D eigenvalue weighted by atomic mass is 32.1. The molecule has 0 spiro atoms. The van der Waals surface area contributed by atoms with Crippen molar-refractivity contribution in [3.8, 4) is 0 Å². The first-order chi connectivity index (χ1) is 15.0. The first-order valence-corrected chi connectivity index (χ1v) is 11.4. The molecule has 1 saturated heterocycles. The van der Waals surface area contributed by atoms with Crippen LogP contribution in [0.4, 0.5) is 0 Å². The highest BCUT2D eigenvalue weighted by molar-refractivity contribution is 7.21. The average molecular weight is 441 g/mol. The summed E-state index contributed by atoms with van der Waals surface area (Å²) in [5.41, 5.74) is 3.87. The number of amides is 2. The monoisotopic (exact) mass is 440 g/mol. The van der Waals surface area contributed by atoms with Crippen molar-refractivity contribution in [1.29, 1.82) is 0 Å². The number of H-pyrrole nitrogens is 1. The fourth-order valence-electron chi connectivity index (χ4n) is 4.31. The first kappa shape index (κ1) is 21.5. The summed E-state index contributed by atoms with van der Waals surface area (Å²) in [4.78, 5) is 28.6. The van der Waals surface area contributed by atoms with Crippen molar-refractivity contribution in [3.05, 3.63) is 51.7 Å². The normalized spacial score (nSPS) is 16.2. The third kappa shape index (κ3) is 4.36. The van der Waals surface area contributed by atoms with Gasteiger partial charge in [-0.15, -0.1) is 11.3 Å². The van der Waals surface area contributed by atoms with Crippen LogP contribution in [0.3, 0.4) is 0 Å². The number of likely N-dealkylation sites (tertiary alicyclic amines) is 1. The number of hydrogen-bond acceptors (Lipinski definition) is 5. The molecule has 2 N–H and O–H groups in total. The van der Waals surface area contributed by atoms with Crippen molar-refractivity contribution >= 4 is 33.2 Å². The summed E-state index contributed by atoms with van der Waals surface area (Å²) in [6, 6.07) is 8.14. The van der Waals surface area contributed by atoms with Gasteiger partial charge in [-0.3, -0.25) is 14.7 Å². The quantitative estimate of drug-likeness (QED) is 0.553. The molecule has 2 aromatic heterocycles. The molecule has 1 aromatic carbocycles. The van der Waals surface area contributed by atoms with Gasteiger partial charge in [-0.05, 0) is 37.3 Å². The summed E-state index contributed by atoms with van der Waals surface area (Å²) < 4.78 is 6.16. The van der Waals surface area contributed by atoms with E-state index in [1.54, 1.807) is 7.11 Å². The first-order valence-electron chi connectivity index (χ1n) is 10.6. The highest BCUT2D eigenvalue weighted by Gasteiger charge is 2.32. The molecule has 0 aliphatic carbocycles. The second-order valence-electron chi connectivity index (χ2n) is 8.00. The molecule has 3 heterocycles. The zero-order chi connectivity index (χ0) is 22.0. The van der Waals surface area contributed by atoms with Crippen LogP contribution >= 0.6 is 11.3 Å². The Labute approximate surface area is 185 Å². The van der Waals surface area contributed by atoms with Crippen molar-refractivity contribution < 1.29 is 14.3 Å². The van der Waals surface area contributed by atoms with E-state index in [0.29, 0.717) is 32.7 Å². The predicted octanol–water partition coefficient (Wildman–Crippen LogP) is 3.18. The van der Waals surface area contributed by atoms with Gasteiger partial charge in [-0.1, -0.05) is 18.2 Å². The molecule has 0 bridgehead atoms. The second-order valence-corrected chi connectivity index (χ2v) is 9.06. The Morgan fingerprint density at radius 3 is 2.87 bits per heavy atom. The molecule has 1 aliphatic heterocycles. The van der Waals surface area contributed by atoms with E-state index in [4.69, 9.17) is 4.74 Å². The largest absolute Gasteiger partial charge is 0.383 e. The van der Waals surface area contributed by atoms with Crippen LogP contribution in [0.5, 0.6) is 0 Å². The van der Waals surface area contributed by atoms with Gasteiger partial charge in [0.25, 0.3) is 5.91 Å². The molecule has 0 radical (unpaired) electrons. The van der Waals surface area contributed by atoms with Crippen LogP contribution in [-0.4, -0.2) is 60.3 Å². The van der Waals surface area contributed by atoms with Crippen LogP contribution in [0.2, 0.25) is 0 Å². The summed E-state index contributed by atoms with van der Waals surface area (Å²) in [5.74, 6) is 0.193. The molecule has 7 nitrogen and oxygen atoms in total. The van der Waals surface area contributed by atoms with E-state index in [0.717, 1.165) is 43.9 Å². The smallest absolute Gasteiger partial charge is 0.261 e. The van der Waals surface area contributed by atoms with Gasteiger partial charge in [0.1, 0.15) is 0 Å². The average Bonchev–Trinajstić information content (AvgIpc) is 3.47. The van der Waals surface area contributed by atoms with Crippen molar-refractivity contribution in [2.45, 2.75) is 32.6 Å². The minimum Gasteiger partial charge on any atom is -0.383 e. The molecule has 1 aliphatic rings. The minimum atomic E-state index is -0.0670. The fraction of sp³-hybridized carbons (Fsp3) is 0.435. The maximum Gasteiger partial charge on any atom is 0.261 e. The molecule has 4 rings (SSSR count). The minimum absolute atomic E-state index is 0.0670. The Kier molecular flexibility index (Phi) is 6.38. The van der Waals surface area contributed by atoms with Crippen molar-refractivity contribution in [3.63, 3.8) is 0 Å². The van der Waals surface area contributed by atoms with Gasteiger partial charge in [0.05, 0.1) is 23.6 Å². The molecule has 0 saturated carbocycles. The van der Waals surface area contributed by atoms with E-state index in [9.17, 15) is 9.59 Å². The molecular weight excluding hydrogens is 412 g/mol. The number of thiophene rings is 1. The topological polar surface area (TPSA) is 87.3 Å². The zero-order valence-corrected chi connectivity index (χ0v) is 19.0. The van der Waals surface area contributed by atoms with E-state index >= 15 is 0 Å². The van der Waals surface area contributed by atoms with Gasteiger partial charge in [-0.25, -0.2) is 0 Å². The summed E-state index contributed by atoms with van der Waals surface area (Å²) in [6.45, 7) is 6.15. The Bertz CT molecular complexity index is 1080. The molecule has 8 heteroatoms. The second kappa shape index (κ2) is 9.20. The van der Waals surface area contributed by atoms with Crippen LogP contribution < -0.4 is 5.32 Å². The standard InChI is InChI=1S/C23H28N4O3S/c1-14-18(15(2)26-25-14)12-20(28)27-10-8-16(13-27)21-17-6-4-5-7-19(17)31-22(21)23(29)24-9-11-30-3/h4-7,16H,8-13H2,1-3H3,(H,24,29)(H,25,26)/t16-/m1/s1. The maximum absolute atomic E-state index is 13.0. The molecule has 2 amide bonds. The van der Waals surface area contributed by atoms with E-state index in [1.807, 2.05) is 30.9 Å². The van der Waals surface area contributed by atoms with Crippen LogP contribution in [0.15, 0.2) is 24.3 Å². The summed E-state index contributed by atoms with van der Waals surface area (Å²) in [7, 11) is 1.62. The number of aryl methyl sites for hydroxylation is 2. The van der Waals surface area contributed by atoms with Crippen molar-refractivity contribution in [2.75, 3.05) is 33.4 Å². The van der Waals surface area contributed by atoms with Crippen LogP contribution in [0, 0.1) is 13.8 Å². The Balaban J connectivity index is 1.55. The van der Waals surface area contributed by atoms with Crippen molar-refractivity contribution in [2.24, 2.45) is 0 Å². The summed E-state index contributed by atoms with van der Waals surface area (Å²) in [5, 5.41) is 11.2. The van der Waals surface area contributed by atoms with Gasteiger partial charge < -0.3 is 15.0 Å². The molecule has 164 valence electrons.